The molecule has 1 atom stereocenters. The highest BCUT2D eigenvalue weighted by Gasteiger charge is 2.41. The van der Waals surface area contributed by atoms with E-state index in [1.807, 2.05) is 62.1 Å². The maximum Gasteiger partial charge on any atom is 0.335 e. The lowest BCUT2D eigenvalue weighted by Gasteiger charge is -2.29. The van der Waals surface area contributed by atoms with Gasteiger partial charge in [-0.15, -0.1) is 0 Å². The first-order chi connectivity index (χ1) is 18.2. The van der Waals surface area contributed by atoms with Gasteiger partial charge in [-0.25, -0.2) is 4.79 Å². The van der Waals surface area contributed by atoms with Crippen molar-refractivity contribution in [1.29, 1.82) is 0 Å². The van der Waals surface area contributed by atoms with Crippen LogP contribution in [-0.2, 0) is 16.6 Å². The van der Waals surface area contributed by atoms with E-state index < -0.39 is 17.4 Å². The van der Waals surface area contributed by atoms with Gasteiger partial charge in [-0.2, -0.15) is 15.2 Å². The Kier molecular flexibility index (Phi) is 6.20. The molecule has 0 bridgehead atoms. The van der Waals surface area contributed by atoms with Crippen LogP contribution in [0.4, 0.5) is 5.69 Å². The van der Waals surface area contributed by atoms with E-state index in [1.54, 1.807) is 36.4 Å². The summed E-state index contributed by atoms with van der Waals surface area (Å²) in [4.78, 5) is 26.1. The van der Waals surface area contributed by atoms with Crippen molar-refractivity contribution in [2.24, 2.45) is 17.3 Å². The van der Waals surface area contributed by atoms with Crippen LogP contribution in [0.2, 0.25) is 0 Å². The number of benzene rings is 2. The summed E-state index contributed by atoms with van der Waals surface area (Å²) in [5, 5.41) is 30.8. The number of rotatable bonds is 6. The van der Waals surface area contributed by atoms with Crippen molar-refractivity contribution in [1.82, 2.24) is 9.99 Å². The summed E-state index contributed by atoms with van der Waals surface area (Å²) in [6.07, 6.45) is 8.50. The molecule has 38 heavy (non-hydrogen) atoms. The number of amides is 1. The lowest BCUT2D eigenvalue weighted by Crippen LogP contribution is -2.50. The number of aliphatic carboxylic acids is 1. The lowest BCUT2D eigenvalue weighted by atomic mass is 9.84. The number of aromatic hydroxyl groups is 1. The van der Waals surface area contributed by atoms with Crippen LogP contribution in [0.1, 0.15) is 28.7 Å². The Morgan fingerprint density at radius 2 is 1.92 bits per heavy atom. The molecule has 2 aromatic carbocycles. The van der Waals surface area contributed by atoms with Crippen LogP contribution in [0.15, 0.2) is 89.4 Å². The van der Waals surface area contributed by atoms with Crippen LogP contribution in [-0.4, -0.2) is 43.6 Å². The number of aromatic nitrogens is 1. The zero-order chi connectivity index (χ0) is 27.0. The van der Waals surface area contributed by atoms with E-state index in [0.29, 0.717) is 28.1 Å². The van der Waals surface area contributed by atoms with Crippen molar-refractivity contribution < 1.29 is 19.8 Å². The van der Waals surface area contributed by atoms with Gasteiger partial charge in [0.25, 0.3) is 0 Å². The summed E-state index contributed by atoms with van der Waals surface area (Å²) in [6, 6.07) is 14.2. The smallest absolute Gasteiger partial charge is 0.335 e. The Hall–Kier alpha value is -4.92. The van der Waals surface area contributed by atoms with Crippen LogP contribution in [0.3, 0.4) is 0 Å². The molecular formula is C29H27N5O4. The first kappa shape index (κ1) is 24.8. The Morgan fingerprint density at radius 3 is 2.61 bits per heavy atom. The van der Waals surface area contributed by atoms with Crippen LogP contribution < -0.4 is 10.4 Å². The molecule has 1 amide bonds. The minimum Gasteiger partial charge on any atom is -0.507 e. The summed E-state index contributed by atoms with van der Waals surface area (Å²) in [5.41, 5.74) is 5.97. The molecule has 192 valence electrons. The molecule has 9 heteroatoms. The van der Waals surface area contributed by atoms with Crippen LogP contribution in [0, 0.1) is 13.8 Å². The van der Waals surface area contributed by atoms with E-state index in [0.717, 1.165) is 11.1 Å². The summed E-state index contributed by atoms with van der Waals surface area (Å²) in [6.45, 7) is 3.95. The molecule has 1 aliphatic carbocycles. The van der Waals surface area contributed by atoms with Crippen molar-refractivity contribution in [3.63, 3.8) is 0 Å². The molecule has 3 N–H and O–H groups in total. The predicted octanol–water partition coefficient (Wildman–Crippen LogP) is 3.91. The number of hydrogen-bond donors (Lipinski definition) is 3. The Labute approximate surface area is 219 Å². The van der Waals surface area contributed by atoms with Crippen molar-refractivity contribution in [3.8, 4) is 5.75 Å². The largest absolute Gasteiger partial charge is 0.507 e. The molecule has 0 spiro atoms. The van der Waals surface area contributed by atoms with Crippen molar-refractivity contribution in [3.05, 3.63) is 101 Å². The molecular weight excluding hydrogens is 482 g/mol. The number of anilines is 1. The number of para-hydroxylation sites is 1. The van der Waals surface area contributed by atoms with E-state index >= 15 is 0 Å². The lowest BCUT2D eigenvalue weighted by molar-refractivity contribution is -0.142. The molecule has 9 nitrogen and oxygen atoms in total. The standard InChI is InChI=1S/C29H27N5O4/c1-18-10-11-22(15-19(18)2)34-27(36)26(25(31-34)21-12-14-33(3)17-21)30-32-29(28(37)38)13-6-7-20(16-29)23-8-4-5-9-24(23)35/h4-15,17,32,35H,16H2,1-3H3,(H,37,38). The SMILES string of the molecule is Cc1ccc(N2N=C(c3ccn(C)c3)C(=NNC3(C(=O)O)C=CC=C(c4ccccc4O)C3)C2=O)cc1C. The van der Waals surface area contributed by atoms with Gasteiger partial charge in [-0.1, -0.05) is 36.4 Å². The van der Waals surface area contributed by atoms with Gasteiger partial charge >= 0.3 is 11.9 Å². The second kappa shape index (κ2) is 9.51. The van der Waals surface area contributed by atoms with Gasteiger partial charge in [0.05, 0.1) is 5.69 Å². The fourth-order valence-corrected chi connectivity index (χ4v) is 4.47. The maximum atomic E-state index is 13.6. The van der Waals surface area contributed by atoms with E-state index in [-0.39, 0.29) is 17.9 Å². The van der Waals surface area contributed by atoms with E-state index in [9.17, 15) is 19.8 Å². The highest BCUT2D eigenvalue weighted by molar-refractivity contribution is 6.74. The number of carboxylic acids is 1. The molecule has 5 rings (SSSR count). The predicted molar refractivity (Wildman–Crippen MR) is 146 cm³/mol. The fourth-order valence-electron chi connectivity index (χ4n) is 4.47. The molecule has 0 fully saturated rings. The number of carboxylic acid groups (broad SMARTS) is 1. The minimum atomic E-state index is -1.64. The Balaban J connectivity index is 1.52. The number of carbonyl (C=O) groups is 2. The average molecular weight is 510 g/mol. The second-order valence-electron chi connectivity index (χ2n) is 9.49. The number of aryl methyl sites for hydroxylation is 3. The number of nitrogens with zero attached hydrogens (tertiary/aromatic N) is 4. The van der Waals surface area contributed by atoms with Gasteiger partial charge < -0.3 is 14.8 Å². The van der Waals surface area contributed by atoms with E-state index in [2.05, 4.69) is 15.6 Å². The number of nitrogens with one attached hydrogen (secondary N) is 1. The molecule has 0 saturated carbocycles. The third kappa shape index (κ3) is 4.39. The zero-order valence-electron chi connectivity index (χ0n) is 21.2. The third-order valence-electron chi connectivity index (χ3n) is 6.81. The van der Waals surface area contributed by atoms with Gasteiger partial charge in [0.15, 0.2) is 11.3 Å². The fraction of sp³-hybridized carbons (Fsp3) is 0.172. The van der Waals surface area contributed by atoms with Crippen LogP contribution in [0.5, 0.6) is 5.75 Å². The quantitative estimate of drug-likeness (QED) is 0.435. The molecule has 0 radical (unpaired) electrons. The monoisotopic (exact) mass is 509 g/mol. The number of hydrazone groups is 2. The van der Waals surface area contributed by atoms with Gasteiger partial charge in [0.1, 0.15) is 11.5 Å². The first-order valence-corrected chi connectivity index (χ1v) is 12.1. The molecule has 2 aliphatic rings. The second-order valence-corrected chi connectivity index (χ2v) is 9.49. The minimum absolute atomic E-state index is 0.0000610. The summed E-state index contributed by atoms with van der Waals surface area (Å²) >= 11 is 0. The topological polar surface area (TPSA) is 120 Å². The molecule has 2 heterocycles. The number of carbonyl (C=O) groups excluding carboxylic acids is 1. The molecule has 1 aromatic heterocycles. The van der Waals surface area contributed by atoms with E-state index in [4.69, 9.17) is 0 Å². The van der Waals surface area contributed by atoms with Gasteiger partial charge in [0.2, 0.25) is 0 Å². The zero-order valence-corrected chi connectivity index (χ0v) is 21.2. The van der Waals surface area contributed by atoms with Crippen molar-refractivity contribution in [2.75, 3.05) is 5.01 Å². The summed E-state index contributed by atoms with van der Waals surface area (Å²) in [7, 11) is 1.86. The highest BCUT2D eigenvalue weighted by atomic mass is 16.4. The average Bonchev–Trinajstić information content (AvgIpc) is 3.47. The third-order valence-corrected chi connectivity index (χ3v) is 6.81. The summed E-state index contributed by atoms with van der Waals surface area (Å²) < 4.78 is 1.83. The first-order valence-electron chi connectivity index (χ1n) is 12.1. The Morgan fingerprint density at radius 1 is 1.13 bits per heavy atom. The van der Waals surface area contributed by atoms with E-state index in [1.165, 1.54) is 11.1 Å². The normalized spacial score (nSPS) is 20.0. The van der Waals surface area contributed by atoms with Crippen LogP contribution in [0.25, 0.3) is 5.57 Å². The Bertz CT molecular complexity index is 1580. The molecule has 3 aromatic rings. The number of phenols is 1. The highest BCUT2D eigenvalue weighted by Crippen LogP contribution is 2.35. The van der Waals surface area contributed by atoms with Gasteiger partial charge in [-0.3, -0.25) is 10.2 Å². The van der Waals surface area contributed by atoms with Crippen molar-refractivity contribution in [2.45, 2.75) is 25.8 Å². The number of hydrogen-bond acceptors (Lipinski definition) is 6. The van der Waals surface area contributed by atoms with Gasteiger partial charge in [-0.05, 0) is 60.9 Å². The molecule has 1 aliphatic heterocycles. The number of phenolic OH excluding ortho intramolecular Hbond substituents is 1. The number of allylic oxidation sites excluding steroid dienone is 2. The molecule has 1 unspecified atom stereocenters. The summed E-state index contributed by atoms with van der Waals surface area (Å²) in [5.74, 6) is -1.60. The molecule has 0 saturated heterocycles. The van der Waals surface area contributed by atoms with Crippen molar-refractivity contribution >= 4 is 34.6 Å². The van der Waals surface area contributed by atoms with Crippen LogP contribution >= 0.6 is 0 Å². The van der Waals surface area contributed by atoms with Gasteiger partial charge in [0, 0.05) is 37.0 Å². The maximum absolute atomic E-state index is 13.6.